The summed E-state index contributed by atoms with van der Waals surface area (Å²) in [5.74, 6) is -1.09. The summed E-state index contributed by atoms with van der Waals surface area (Å²) in [4.78, 5) is 23.9. The number of carbonyl (C=O) groups is 2. The van der Waals surface area contributed by atoms with Gasteiger partial charge in [-0.05, 0) is 32.0 Å². The third-order valence-corrected chi connectivity index (χ3v) is 2.27. The molecule has 0 N–H and O–H groups in total. The second kappa shape index (κ2) is 6.30. The van der Waals surface area contributed by atoms with Crippen LogP contribution in [0, 0.1) is 0 Å². The van der Waals surface area contributed by atoms with E-state index in [-0.39, 0.29) is 24.3 Å². The first kappa shape index (κ1) is 13.6. The number of carbonyl (C=O) groups excluding carboxylic acids is 2. The molecule has 0 aliphatic heterocycles. The van der Waals surface area contributed by atoms with E-state index >= 15 is 0 Å². The van der Waals surface area contributed by atoms with Gasteiger partial charge in [-0.15, -0.1) is 12.6 Å². The number of benzene rings is 1. The predicted molar refractivity (Wildman–Crippen MR) is 65.6 cm³/mol. The maximum absolute atomic E-state index is 11.7. The Labute approximate surface area is 105 Å². The molecule has 17 heavy (non-hydrogen) atoms. The van der Waals surface area contributed by atoms with Crippen molar-refractivity contribution in [1.29, 1.82) is 0 Å². The van der Waals surface area contributed by atoms with Gasteiger partial charge in [0.2, 0.25) is 0 Å². The SMILES string of the molecule is CCOC(=O)c1ccc(S)cc1C(=O)OCC. The van der Waals surface area contributed by atoms with Crippen LogP contribution in [0.1, 0.15) is 34.6 Å². The van der Waals surface area contributed by atoms with Gasteiger partial charge in [-0.1, -0.05) is 0 Å². The Kier molecular flexibility index (Phi) is 5.03. The van der Waals surface area contributed by atoms with Crippen LogP contribution >= 0.6 is 12.6 Å². The van der Waals surface area contributed by atoms with E-state index in [4.69, 9.17) is 9.47 Å². The Morgan fingerprint density at radius 1 is 1.06 bits per heavy atom. The number of rotatable bonds is 4. The van der Waals surface area contributed by atoms with Crippen molar-refractivity contribution in [2.24, 2.45) is 0 Å². The predicted octanol–water partition coefficient (Wildman–Crippen LogP) is 2.33. The summed E-state index contributed by atoms with van der Waals surface area (Å²) in [6, 6.07) is 4.62. The molecular weight excluding hydrogens is 240 g/mol. The quantitative estimate of drug-likeness (QED) is 0.662. The third-order valence-electron chi connectivity index (χ3n) is 1.99. The van der Waals surface area contributed by atoms with E-state index < -0.39 is 11.9 Å². The maximum atomic E-state index is 11.7. The molecule has 4 nitrogen and oxygen atoms in total. The minimum Gasteiger partial charge on any atom is -0.462 e. The zero-order valence-electron chi connectivity index (χ0n) is 9.73. The molecule has 0 atom stereocenters. The molecule has 0 bridgehead atoms. The number of hydrogen-bond acceptors (Lipinski definition) is 5. The monoisotopic (exact) mass is 254 g/mol. The number of hydrogen-bond donors (Lipinski definition) is 1. The Hall–Kier alpha value is -1.49. The van der Waals surface area contributed by atoms with E-state index in [0.717, 1.165) is 0 Å². The van der Waals surface area contributed by atoms with Crippen molar-refractivity contribution in [2.75, 3.05) is 13.2 Å². The van der Waals surface area contributed by atoms with Gasteiger partial charge < -0.3 is 9.47 Å². The van der Waals surface area contributed by atoms with Crippen molar-refractivity contribution in [3.8, 4) is 0 Å². The molecule has 92 valence electrons. The molecule has 0 fully saturated rings. The van der Waals surface area contributed by atoms with Crippen LogP contribution in [-0.4, -0.2) is 25.2 Å². The second-order valence-corrected chi connectivity index (χ2v) is 3.69. The zero-order valence-corrected chi connectivity index (χ0v) is 10.6. The van der Waals surface area contributed by atoms with Crippen molar-refractivity contribution in [3.05, 3.63) is 29.3 Å². The molecule has 1 aromatic rings. The number of ether oxygens (including phenoxy) is 2. The van der Waals surface area contributed by atoms with Gasteiger partial charge in [0.15, 0.2) is 0 Å². The first-order valence-electron chi connectivity index (χ1n) is 5.27. The average Bonchev–Trinajstić information content (AvgIpc) is 2.29. The molecule has 0 spiro atoms. The standard InChI is InChI=1S/C12H14O4S/c1-3-15-11(13)9-6-5-8(17)7-10(9)12(14)16-4-2/h5-7,17H,3-4H2,1-2H3. The van der Waals surface area contributed by atoms with Crippen molar-refractivity contribution in [1.82, 2.24) is 0 Å². The molecule has 0 saturated carbocycles. The van der Waals surface area contributed by atoms with Gasteiger partial charge in [0.1, 0.15) is 0 Å². The summed E-state index contributed by atoms with van der Waals surface area (Å²) in [5.41, 5.74) is 0.376. The molecular formula is C12H14O4S. The fourth-order valence-electron chi connectivity index (χ4n) is 1.30. The van der Waals surface area contributed by atoms with Gasteiger partial charge in [0, 0.05) is 4.90 Å². The third kappa shape index (κ3) is 3.49. The van der Waals surface area contributed by atoms with E-state index in [1.807, 2.05) is 0 Å². The fourth-order valence-corrected chi connectivity index (χ4v) is 1.50. The first-order valence-corrected chi connectivity index (χ1v) is 5.72. The normalized spacial score (nSPS) is 9.82. The smallest absolute Gasteiger partial charge is 0.339 e. The Balaban J connectivity index is 3.11. The van der Waals surface area contributed by atoms with Crippen LogP contribution in [0.15, 0.2) is 23.1 Å². The van der Waals surface area contributed by atoms with Crippen LogP contribution in [0.2, 0.25) is 0 Å². The van der Waals surface area contributed by atoms with E-state index in [2.05, 4.69) is 12.6 Å². The maximum Gasteiger partial charge on any atom is 0.339 e. The lowest BCUT2D eigenvalue weighted by molar-refractivity contribution is 0.0478. The van der Waals surface area contributed by atoms with Crippen LogP contribution in [0.4, 0.5) is 0 Å². The van der Waals surface area contributed by atoms with Gasteiger partial charge in [0.25, 0.3) is 0 Å². The molecule has 0 amide bonds. The topological polar surface area (TPSA) is 52.6 Å². The van der Waals surface area contributed by atoms with Gasteiger partial charge in [-0.3, -0.25) is 0 Å². The lowest BCUT2D eigenvalue weighted by Crippen LogP contribution is -2.14. The minimum atomic E-state index is -0.550. The molecule has 0 aliphatic rings. The molecule has 0 aliphatic carbocycles. The summed E-state index contributed by atoms with van der Waals surface area (Å²) in [6.45, 7) is 3.91. The Bertz CT molecular complexity index is 429. The van der Waals surface area contributed by atoms with Gasteiger partial charge in [0.05, 0.1) is 24.3 Å². The number of esters is 2. The first-order chi connectivity index (χ1) is 8.10. The number of thiol groups is 1. The second-order valence-electron chi connectivity index (χ2n) is 3.17. The molecule has 0 unspecified atom stereocenters. The highest BCUT2D eigenvalue weighted by Crippen LogP contribution is 2.17. The van der Waals surface area contributed by atoms with Crippen molar-refractivity contribution in [2.45, 2.75) is 18.7 Å². The lowest BCUT2D eigenvalue weighted by atomic mass is 10.1. The molecule has 1 rings (SSSR count). The highest BCUT2D eigenvalue weighted by atomic mass is 32.1. The van der Waals surface area contributed by atoms with Gasteiger partial charge >= 0.3 is 11.9 Å². The largest absolute Gasteiger partial charge is 0.462 e. The van der Waals surface area contributed by atoms with Crippen LogP contribution in [0.25, 0.3) is 0 Å². The highest BCUT2D eigenvalue weighted by Gasteiger charge is 2.19. The molecule has 0 saturated heterocycles. The van der Waals surface area contributed by atoms with Gasteiger partial charge in [-0.25, -0.2) is 9.59 Å². The summed E-state index contributed by atoms with van der Waals surface area (Å²) in [7, 11) is 0. The molecule has 0 heterocycles. The van der Waals surface area contributed by atoms with Crippen LogP contribution < -0.4 is 0 Å². The van der Waals surface area contributed by atoms with Gasteiger partial charge in [-0.2, -0.15) is 0 Å². The Morgan fingerprint density at radius 3 is 2.12 bits per heavy atom. The van der Waals surface area contributed by atoms with E-state index in [1.54, 1.807) is 19.9 Å². The molecule has 0 radical (unpaired) electrons. The van der Waals surface area contributed by atoms with Crippen LogP contribution in [0.3, 0.4) is 0 Å². The highest BCUT2D eigenvalue weighted by molar-refractivity contribution is 7.80. The molecule has 0 aromatic heterocycles. The summed E-state index contributed by atoms with van der Waals surface area (Å²) < 4.78 is 9.74. The van der Waals surface area contributed by atoms with Crippen molar-refractivity contribution < 1.29 is 19.1 Å². The minimum absolute atomic E-state index is 0.179. The Morgan fingerprint density at radius 2 is 1.59 bits per heavy atom. The van der Waals surface area contributed by atoms with Crippen molar-refractivity contribution in [3.63, 3.8) is 0 Å². The van der Waals surface area contributed by atoms with E-state index in [0.29, 0.717) is 4.90 Å². The zero-order chi connectivity index (χ0) is 12.8. The summed E-state index contributed by atoms with van der Waals surface area (Å²) in [5, 5.41) is 0. The summed E-state index contributed by atoms with van der Waals surface area (Å²) in [6.07, 6.45) is 0. The summed E-state index contributed by atoms with van der Waals surface area (Å²) >= 11 is 4.12. The fraction of sp³-hybridized carbons (Fsp3) is 0.333. The van der Waals surface area contributed by atoms with Crippen molar-refractivity contribution >= 4 is 24.6 Å². The lowest BCUT2D eigenvalue weighted by Gasteiger charge is -2.08. The molecule has 5 heteroatoms. The van der Waals surface area contributed by atoms with Crippen LogP contribution in [-0.2, 0) is 9.47 Å². The molecule has 1 aromatic carbocycles. The average molecular weight is 254 g/mol. The van der Waals surface area contributed by atoms with E-state index in [1.165, 1.54) is 12.1 Å². The van der Waals surface area contributed by atoms with Crippen LogP contribution in [0.5, 0.6) is 0 Å². The van der Waals surface area contributed by atoms with E-state index in [9.17, 15) is 9.59 Å².